The first kappa shape index (κ1) is 12.0. The van der Waals surface area contributed by atoms with Crippen LogP contribution in [0.4, 0.5) is 0 Å². The zero-order chi connectivity index (χ0) is 12.8. The van der Waals surface area contributed by atoms with Crippen molar-refractivity contribution in [2.24, 2.45) is 0 Å². The highest BCUT2D eigenvalue weighted by molar-refractivity contribution is 6.06. The van der Waals surface area contributed by atoms with Crippen LogP contribution in [0.15, 0.2) is 48.8 Å². The number of pyridine rings is 2. The Morgan fingerprint density at radius 1 is 1.28 bits per heavy atom. The molecule has 0 spiro atoms. The average molecular weight is 240 g/mol. The molecule has 0 aliphatic heterocycles. The number of nitrogens with zero attached hydrogens (tertiary/aromatic N) is 2. The lowest BCUT2D eigenvalue weighted by atomic mass is 10.1. The molecule has 0 amide bonds. The zero-order valence-corrected chi connectivity index (χ0v) is 9.91. The Morgan fingerprint density at radius 3 is 2.89 bits per heavy atom. The molecule has 0 saturated heterocycles. The lowest BCUT2D eigenvalue weighted by molar-refractivity contribution is 0.104. The van der Waals surface area contributed by atoms with Gasteiger partial charge in [0.1, 0.15) is 0 Å². The van der Waals surface area contributed by atoms with Crippen LogP contribution in [0.3, 0.4) is 0 Å². The molecule has 0 aromatic carbocycles. The average Bonchev–Trinajstić information content (AvgIpc) is 2.46. The molecule has 0 unspecified atom stereocenters. The Labute approximate surface area is 105 Å². The molecule has 0 aliphatic rings. The van der Waals surface area contributed by atoms with Crippen molar-refractivity contribution in [3.63, 3.8) is 0 Å². The summed E-state index contributed by atoms with van der Waals surface area (Å²) in [7, 11) is 1.55. The molecule has 4 heteroatoms. The molecular weight excluding hydrogens is 228 g/mol. The molecule has 2 aromatic rings. The Balaban J connectivity index is 2.13. The van der Waals surface area contributed by atoms with E-state index in [4.69, 9.17) is 4.74 Å². The molecule has 0 radical (unpaired) electrons. The molecule has 90 valence electrons. The number of rotatable bonds is 4. The number of ketones is 1. The number of methoxy groups -OCH3 is 1. The maximum atomic E-state index is 11.8. The van der Waals surface area contributed by atoms with Crippen LogP contribution in [-0.2, 0) is 0 Å². The summed E-state index contributed by atoms with van der Waals surface area (Å²) >= 11 is 0. The lowest BCUT2D eigenvalue weighted by Crippen LogP contribution is -1.94. The van der Waals surface area contributed by atoms with Crippen molar-refractivity contribution in [1.82, 2.24) is 9.97 Å². The van der Waals surface area contributed by atoms with Crippen LogP contribution in [0.25, 0.3) is 6.08 Å². The zero-order valence-electron chi connectivity index (χ0n) is 9.91. The first-order valence-electron chi connectivity index (χ1n) is 5.43. The van der Waals surface area contributed by atoms with Gasteiger partial charge in [-0.25, -0.2) is 4.98 Å². The standard InChI is InChI=1S/C14H12N2O2/c1-18-14-6-2-5-12(16-14)7-8-13(17)11-4-3-9-15-10-11/h2-10H,1H3. The SMILES string of the molecule is COc1cccc(C=CC(=O)c2cccnc2)n1. The van der Waals surface area contributed by atoms with Gasteiger partial charge in [-0.1, -0.05) is 6.07 Å². The van der Waals surface area contributed by atoms with Crippen molar-refractivity contribution in [2.75, 3.05) is 7.11 Å². The van der Waals surface area contributed by atoms with E-state index in [-0.39, 0.29) is 5.78 Å². The summed E-state index contributed by atoms with van der Waals surface area (Å²) in [6, 6.07) is 8.82. The fourth-order valence-corrected chi connectivity index (χ4v) is 1.40. The van der Waals surface area contributed by atoms with E-state index >= 15 is 0 Å². The summed E-state index contributed by atoms with van der Waals surface area (Å²) < 4.78 is 5.01. The van der Waals surface area contributed by atoms with Gasteiger partial charge in [-0.15, -0.1) is 0 Å². The van der Waals surface area contributed by atoms with Gasteiger partial charge in [0, 0.05) is 24.0 Å². The van der Waals surface area contributed by atoms with E-state index < -0.39 is 0 Å². The van der Waals surface area contributed by atoms with E-state index in [1.807, 2.05) is 6.07 Å². The second-order valence-electron chi connectivity index (χ2n) is 3.54. The van der Waals surface area contributed by atoms with Crippen molar-refractivity contribution in [1.29, 1.82) is 0 Å². The molecule has 2 heterocycles. The third-order valence-electron chi connectivity index (χ3n) is 2.31. The van der Waals surface area contributed by atoms with Crippen molar-refractivity contribution in [3.8, 4) is 5.88 Å². The van der Waals surface area contributed by atoms with Gasteiger partial charge < -0.3 is 4.74 Å². The number of hydrogen-bond acceptors (Lipinski definition) is 4. The number of carbonyl (C=O) groups is 1. The second kappa shape index (κ2) is 5.72. The quantitative estimate of drug-likeness (QED) is 0.608. The van der Waals surface area contributed by atoms with Gasteiger partial charge in [-0.3, -0.25) is 9.78 Å². The topological polar surface area (TPSA) is 52.1 Å². The van der Waals surface area contributed by atoms with E-state index in [0.29, 0.717) is 17.1 Å². The van der Waals surface area contributed by atoms with Crippen molar-refractivity contribution in [3.05, 3.63) is 60.1 Å². The largest absolute Gasteiger partial charge is 0.481 e. The molecule has 0 fully saturated rings. The van der Waals surface area contributed by atoms with E-state index in [0.717, 1.165) is 0 Å². The monoisotopic (exact) mass is 240 g/mol. The minimum absolute atomic E-state index is 0.104. The lowest BCUT2D eigenvalue weighted by Gasteiger charge is -1.98. The summed E-state index contributed by atoms with van der Waals surface area (Å²) in [5, 5.41) is 0. The van der Waals surface area contributed by atoms with Crippen LogP contribution in [0, 0.1) is 0 Å². The molecule has 0 aliphatic carbocycles. The summed E-state index contributed by atoms with van der Waals surface area (Å²) in [6.07, 6.45) is 6.28. The number of hydrogen-bond donors (Lipinski definition) is 0. The van der Waals surface area contributed by atoms with Crippen LogP contribution >= 0.6 is 0 Å². The first-order chi connectivity index (χ1) is 8.79. The highest BCUT2D eigenvalue weighted by atomic mass is 16.5. The predicted molar refractivity (Wildman–Crippen MR) is 68.4 cm³/mol. The van der Waals surface area contributed by atoms with Crippen LogP contribution in [0.2, 0.25) is 0 Å². The maximum Gasteiger partial charge on any atom is 0.213 e. The third kappa shape index (κ3) is 3.01. The van der Waals surface area contributed by atoms with Crippen molar-refractivity contribution >= 4 is 11.9 Å². The van der Waals surface area contributed by atoms with Crippen LogP contribution < -0.4 is 4.74 Å². The van der Waals surface area contributed by atoms with Crippen molar-refractivity contribution < 1.29 is 9.53 Å². The fourth-order valence-electron chi connectivity index (χ4n) is 1.40. The summed E-state index contributed by atoms with van der Waals surface area (Å²) in [5.74, 6) is 0.415. The fraction of sp³-hybridized carbons (Fsp3) is 0.0714. The van der Waals surface area contributed by atoms with Crippen LogP contribution in [0.1, 0.15) is 16.1 Å². The van der Waals surface area contributed by atoms with Gasteiger partial charge in [0.05, 0.1) is 12.8 Å². The minimum Gasteiger partial charge on any atom is -0.481 e. The molecule has 2 aromatic heterocycles. The molecule has 0 atom stereocenters. The normalized spacial score (nSPS) is 10.5. The molecule has 0 N–H and O–H groups in total. The van der Waals surface area contributed by atoms with E-state index in [9.17, 15) is 4.79 Å². The number of ether oxygens (including phenoxy) is 1. The molecule has 0 bridgehead atoms. The number of allylic oxidation sites excluding steroid dienone is 1. The predicted octanol–water partition coefficient (Wildman–Crippen LogP) is 2.38. The summed E-state index contributed by atoms with van der Waals surface area (Å²) in [6.45, 7) is 0. The van der Waals surface area contributed by atoms with Gasteiger partial charge in [-0.2, -0.15) is 0 Å². The first-order valence-corrected chi connectivity index (χ1v) is 5.43. The Hall–Kier alpha value is -2.49. The highest BCUT2D eigenvalue weighted by Gasteiger charge is 2.00. The summed E-state index contributed by atoms with van der Waals surface area (Å²) in [5.41, 5.74) is 1.23. The molecular formula is C14H12N2O2. The number of aromatic nitrogens is 2. The third-order valence-corrected chi connectivity index (χ3v) is 2.31. The van der Waals surface area contributed by atoms with Crippen LogP contribution in [0.5, 0.6) is 5.88 Å². The Bertz CT molecular complexity index is 565. The van der Waals surface area contributed by atoms with Crippen molar-refractivity contribution in [2.45, 2.75) is 0 Å². The van der Waals surface area contributed by atoms with Gasteiger partial charge in [0.25, 0.3) is 0 Å². The van der Waals surface area contributed by atoms with Crippen LogP contribution in [-0.4, -0.2) is 22.9 Å². The molecule has 2 rings (SSSR count). The summed E-state index contributed by atoms with van der Waals surface area (Å²) in [4.78, 5) is 19.9. The second-order valence-corrected chi connectivity index (χ2v) is 3.54. The molecule has 4 nitrogen and oxygen atoms in total. The van der Waals surface area contributed by atoms with Gasteiger partial charge >= 0.3 is 0 Å². The molecule has 18 heavy (non-hydrogen) atoms. The smallest absolute Gasteiger partial charge is 0.213 e. The van der Waals surface area contributed by atoms with E-state index in [1.54, 1.807) is 43.6 Å². The Kier molecular flexibility index (Phi) is 3.81. The number of carbonyl (C=O) groups excluding carboxylic acids is 1. The van der Waals surface area contributed by atoms with Gasteiger partial charge in [0.15, 0.2) is 5.78 Å². The van der Waals surface area contributed by atoms with Gasteiger partial charge in [0.2, 0.25) is 5.88 Å². The van der Waals surface area contributed by atoms with E-state index in [2.05, 4.69) is 9.97 Å². The van der Waals surface area contributed by atoms with Gasteiger partial charge in [-0.05, 0) is 30.4 Å². The Morgan fingerprint density at radius 2 is 2.17 bits per heavy atom. The van der Waals surface area contributed by atoms with E-state index in [1.165, 1.54) is 12.3 Å². The molecule has 0 saturated carbocycles. The minimum atomic E-state index is -0.104. The highest BCUT2D eigenvalue weighted by Crippen LogP contribution is 2.08. The maximum absolute atomic E-state index is 11.8.